The van der Waals surface area contributed by atoms with Crippen LogP contribution in [0.3, 0.4) is 0 Å². The third kappa shape index (κ3) is 8.41. The summed E-state index contributed by atoms with van der Waals surface area (Å²) in [5, 5.41) is 15.3. The number of ketones is 1. The van der Waals surface area contributed by atoms with Crippen molar-refractivity contribution in [3.05, 3.63) is 43.0 Å². The Bertz CT molecular complexity index is 926. The summed E-state index contributed by atoms with van der Waals surface area (Å²) < 4.78 is 6.96. The number of azide groups is 1. The molecule has 1 aromatic heterocycles. The summed E-state index contributed by atoms with van der Waals surface area (Å²) in [5.74, 6) is -0.362. The molecule has 4 atom stereocenters. The fourth-order valence-electron chi connectivity index (χ4n) is 4.07. The molecule has 10 nitrogen and oxygen atoms in total. The van der Waals surface area contributed by atoms with Crippen molar-refractivity contribution in [1.82, 2.24) is 9.55 Å². The van der Waals surface area contributed by atoms with Gasteiger partial charge in [-0.3, -0.25) is 19.1 Å². The van der Waals surface area contributed by atoms with Crippen LogP contribution < -0.4 is 11.2 Å². The first-order chi connectivity index (χ1) is 15.9. The van der Waals surface area contributed by atoms with Gasteiger partial charge < -0.3 is 9.84 Å². The number of aliphatic hydroxyl groups is 1. The van der Waals surface area contributed by atoms with Crippen LogP contribution in [0.1, 0.15) is 82.4 Å². The minimum atomic E-state index is -1.44. The lowest BCUT2D eigenvalue weighted by Crippen LogP contribution is -2.39. The van der Waals surface area contributed by atoms with Crippen LogP contribution in [0.4, 0.5) is 0 Å². The van der Waals surface area contributed by atoms with E-state index in [1.807, 2.05) is 0 Å². The van der Waals surface area contributed by atoms with E-state index in [0.29, 0.717) is 12.0 Å². The third-order valence-electron chi connectivity index (χ3n) is 5.99. The number of H-pyrrole nitrogens is 1. The summed E-state index contributed by atoms with van der Waals surface area (Å²) in [4.78, 5) is 41.3. The summed E-state index contributed by atoms with van der Waals surface area (Å²) in [5.41, 5.74) is 8.03. The maximum Gasteiger partial charge on any atom is 0.330 e. The molecule has 0 saturated carbocycles. The van der Waals surface area contributed by atoms with Crippen molar-refractivity contribution in [2.75, 3.05) is 5.33 Å². The molecule has 1 aliphatic rings. The summed E-state index contributed by atoms with van der Waals surface area (Å²) in [7, 11) is 0. The van der Waals surface area contributed by atoms with E-state index in [1.54, 1.807) is 6.92 Å². The van der Waals surface area contributed by atoms with Crippen LogP contribution in [0.5, 0.6) is 0 Å². The van der Waals surface area contributed by atoms with Gasteiger partial charge in [-0.25, -0.2) is 4.79 Å². The molecular formula is C22H34BrN5O5. The number of Topliss-reactive ketones (excluding diaryl/α,β-unsaturated/α-hetero) is 1. The van der Waals surface area contributed by atoms with Crippen molar-refractivity contribution in [2.45, 2.75) is 102 Å². The van der Waals surface area contributed by atoms with E-state index in [1.165, 1.54) is 42.9 Å². The van der Waals surface area contributed by atoms with E-state index in [4.69, 9.17) is 10.3 Å². The molecule has 0 radical (unpaired) electrons. The molecule has 0 aliphatic carbocycles. The van der Waals surface area contributed by atoms with Crippen molar-refractivity contribution in [3.63, 3.8) is 0 Å². The molecule has 184 valence electrons. The summed E-state index contributed by atoms with van der Waals surface area (Å²) in [6, 6.07) is -0.803. The second-order valence-electron chi connectivity index (χ2n) is 8.57. The topological polar surface area (TPSA) is 150 Å². The Morgan fingerprint density at radius 1 is 1.24 bits per heavy atom. The van der Waals surface area contributed by atoms with E-state index in [-0.39, 0.29) is 18.6 Å². The van der Waals surface area contributed by atoms with E-state index >= 15 is 0 Å². The van der Waals surface area contributed by atoms with Gasteiger partial charge in [0.1, 0.15) is 18.4 Å². The highest BCUT2D eigenvalue weighted by Crippen LogP contribution is 2.32. The standard InChI is InChI=1S/C22H34BrN5O5/c1-15-14-28(22(32)25-21(15)31)18-13-16(26-27-24)20(33-18)19(30)17(29)11-9-7-5-3-2-4-6-8-10-12-23/h14,16,18-20,30H,2-13H2,1H3,(H,25,31,32)/t16-,18+,19?,20-/m0/s1. The highest BCUT2D eigenvalue weighted by Gasteiger charge is 2.42. The second kappa shape index (κ2) is 14.3. The fourth-order valence-corrected chi connectivity index (χ4v) is 4.47. The van der Waals surface area contributed by atoms with E-state index in [0.717, 1.165) is 24.6 Å². The van der Waals surface area contributed by atoms with Crippen LogP contribution in [0.25, 0.3) is 10.4 Å². The predicted octanol–water partition coefficient (Wildman–Crippen LogP) is 4.04. The number of nitrogens with one attached hydrogen (secondary N) is 1. The average Bonchev–Trinajstić information content (AvgIpc) is 3.20. The predicted molar refractivity (Wildman–Crippen MR) is 128 cm³/mol. The third-order valence-corrected chi connectivity index (χ3v) is 6.55. The number of halogens is 1. The number of carbonyl (C=O) groups excluding carboxylic acids is 1. The van der Waals surface area contributed by atoms with Crippen LogP contribution in [0.2, 0.25) is 0 Å². The number of hydrogen-bond acceptors (Lipinski definition) is 6. The van der Waals surface area contributed by atoms with E-state index in [2.05, 4.69) is 30.9 Å². The number of carbonyl (C=O) groups is 1. The van der Waals surface area contributed by atoms with Gasteiger partial charge in [0.25, 0.3) is 5.56 Å². The zero-order valence-corrected chi connectivity index (χ0v) is 20.7. The minimum absolute atomic E-state index is 0.111. The molecule has 2 heterocycles. The maximum atomic E-state index is 12.5. The number of aromatic nitrogens is 2. The maximum absolute atomic E-state index is 12.5. The molecular weight excluding hydrogens is 494 g/mol. The highest BCUT2D eigenvalue weighted by atomic mass is 79.9. The molecule has 1 aliphatic heterocycles. The Kier molecular flexibility index (Phi) is 11.9. The van der Waals surface area contributed by atoms with Gasteiger partial charge >= 0.3 is 5.69 Å². The molecule has 33 heavy (non-hydrogen) atoms. The zero-order chi connectivity index (χ0) is 24.2. The lowest BCUT2D eigenvalue weighted by Gasteiger charge is -2.21. The first kappa shape index (κ1) is 27.3. The lowest BCUT2D eigenvalue weighted by atomic mass is 9.98. The molecule has 1 fully saturated rings. The number of nitrogens with zero attached hydrogens (tertiary/aromatic N) is 4. The van der Waals surface area contributed by atoms with Gasteiger partial charge in [0.05, 0.1) is 6.04 Å². The normalized spacial score (nSPS) is 21.0. The van der Waals surface area contributed by atoms with Crippen molar-refractivity contribution in [1.29, 1.82) is 0 Å². The molecule has 2 N–H and O–H groups in total. The fraction of sp³-hybridized carbons (Fsp3) is 0.773. The summed E-state index contributed by atoms with van der Waals surface area (Å²) in [6.07, 6.45) is 8.32. The van der Waals surface area contributed by atoms with Crippen molar-refractivity contribution < 1.29 is 14.6 Å². The number of alkyl halides is 1. The van der Waals surface area contributed by atoms with Crippen LogP contribution in [0.15, 0.2) is 20.9 Å². The zero-order valence-electron chi connectivity index (χ0n) is 19.1. The van der Waals surface area contributed by atoms with Gasteiger partial charge in [-0.05, 0) is 25.3 Å². The number of aromatic amines is 1. The summed E-state index contributed by atoms with van der Waals surface area (Å²) in [6.45, 7) is 1.55. The molecule has 1 aromatic rings. The van der Waals surface area contributed by atoms with Crippen LogP contribution in [0, 0.1) is 6.92 Å². The second-order valence-corrected chi connectivity index (χ2v) is 9.37. The number of ether oxygens (including phenoxy) is 1. The molecule has 0 amide bonds. The highest BCUT2D eigenvalue weighted by molar-refractivity contribution is 9.09. The van der Waals surface area contributed by atoms with Crippen molar-refractivity contribution in [3.8, 4) is 0 Å². The van der Waals surface area contributed by atoms with Crippen molar-refractivity contribution in [2.24, 2.45) is 5.11 Å². The smallest absolute Gasteiger partial charge is 0.330 e. The van der Waals surface area contributed by atoms with Crippen molar-refractivity contribution >= 4 is 21.7 Å². The van der Waals surface area contributed by atoms with Crippen LogP contribution in [-0.2, 0) is 9.53 Å². The Labute approximate surface area is 201 Å². The van der Waals surface area contributed by atoms with Crippen LogP contribution >= 0.6 is 15.9 Å². The Morgan fingerprint density at radius 2 is 1.85 bits per heavy atom. The molecule has 1 unspecified atom stereocenters. The number of aryl methyl sites for hydroxylation is 1. The Hall–Kier alpha value is -1.94. The number of aliphatic hydroxyl groups excluding tert-OH is 1. The molecule has 0 spiro atoms. The SMILES string of the molecule is Cc1cn([C@H]2C[C@H](N=[N+]=[N-])[C@@H](C(O)C(=O)CCCCCCCCCCCBr)O2)c(=O)[nH]c1=O. The van der Waals surface area contributed by atoms with Crippen LogP contribution in [-0.4, -0.2) is 44.0 Å². The quantitative estimate of drug-likeness (QED) is 0.116. The molecule has 0 aromatic carbocycles. The monoisotopic (exact) mass is 527 g/mol. The first-order valence-electron chi connectivity index (χ1n) is 11.7. The van der Waals surface area contributed by atoms with Gasteiger partial charge in [-0.2, -0.15) is 0 Å². The Morgan fingerprint density at radius 3 is 2.45 bits per heavy atom. The molecule has 2 rings (SSSR count). The number of rotatable bonds is 15. The summed E-state index contributed by atoms with van der Waals surface area (Å²) >= 11 is 3.44. The molecule has 0 bridgehead atoms. The van der Waals surface area contributed by atoms with Gasteiger partial charge in [-0.15, -0.1) is 0 Å². The molecule has 1 saturated heterocycles. The average molecular weight is 528 g/mol. The molecule has 11 heteroatoms. The van der Waals surface area contributed by atoms with Gasteiger partial charge in [0.15, 0.2) is 5.78 Å². The first-order valence-corrected chi connectivity index (χ1v) is 12.8. The van der Waals surface area contributed by atoms with E-state index in [9.17, 15) is 19.5 Å². The van der Waals surface area contributed by atoms with E-state index < -0.39 is 35.7 Å². The minimum Gasteiger partial charge on any atom is -0.383 e. The number of unbranched alkanes of at least 4 members (excludes halogenated alkanes) is 8. The lowest BCUT2D eigenvalue weighted by molar-refractivity contribution is -0.137. The Balaban J connectivity index is 1.83. The van der Waals surface area contributed by atoms with Gasteiger partial charge in [0, 0.05) is 34.8 Å². The number of hydrogen-bond donors (Lipinski definition) is 2. The van der Waals surface area contributed by atoms with Gasteiger partial charge in [-0.1, -0.05) is 66.0 Å². The van der Waals surface area contributed by atoms with Gasteiger partial charge in [0.2, 0.25) is 0 Å². The largest absolute Gasteiger partial charge is 0.383 e.